The van der Waals surface area contributed by atoms with E-state index in [1.165, 1.54) is 0 Å². The first-order valence-corrected chi connectivity index (χ1v) is 6.57. The molecule has 0 aromatic carbocycles. The van der Waals surface area contributed by atoms with E-state index in [4.69, 9.17) is 5.11 Å². The van der Waals surface area contributed by atoms with Crippen LogP contribution in [-0.2, 0) is 9.53 Å². The van der Waals surface area contributed by atoms with Crippen molar-refractivity contribution in [3.63, 3.8) is 0 Å². The van der Waals surface area contributed by atoms with Crippen LogP contribution in [0, 0.1) is 11.8 Å². The summed E-state index contributed by atoms with van der Waals surface area (Å²) in [6.45, 7) is 3.77. The second kappa shape index (κ2) is 7.83. The molecular formula is C13H23F3O4. The van der Waals surface area contributed by atoms with Gasteiger partial charge in [-0.15, -0.1) is 0 Å². The third-order valence-electron chi connectivity index (χ3n) is 3.46. The standard InChI is InChI=1S/C13H23F3O4/c1-9(4-5-11(18)20-7-6-17)10(2)8-12(3,19)13(14,15)16/h9-10,17,19H,4-8H2,1-3H3. The highest BCUT2D eigenvalue weighted by Gasteiger charge is 2.50. The lowest BCUT2D eigenvalue weighted by atomic mass is 9.82. The molecule has 0 aliphatic heterocycles. The molecule has 0 rings (SSSR count). The van der Waals surface area contributed by atoms with Crippen molar-refractivity contribution in [2.24, 2.45) is 11.8 Å². The SMILES string of the molecule is CC(CCC(=O)OCCO)C(C)CC(C)(O)C(F)(F)F. The molecule has 4 nitrogen and oxygen atoms in total. The van der Waals surface area contributed by atoms with Crippen LogP contribution >= 0.6 is 0 Å². The van der Waals surface area contributed by atoms with Crippen molar-refractivity contribution in [3.05, 3.63) is 0 Å². The maximum Gasteiger partial charge on any atom is 0.416 e. The van der Waals surface area contributed by atoms with Gasteiger partial charge in [0.2, 0.25) is 0 Å². The summed E-state index contributed by atoms with van der Waals surface area (Å²) in [6.07, 6.45) is -4.62. The first-order chi connectivity index (χ1) is 9.01. The number of aliphatic hydroxyl groups is 2. The maximum atomic E-state index is 12.6. The lowest BCUT2D eigenvalue weighted by Crippen LogP contribution is -2.44. The van der Waals surface area contributed by atoms with E-state index in [-0.39, 0.29) is 25.6 Å². The van der Waals surface area contributed by atoms with E-state index in [1.807, 2.05) is 0 Å². The minimum atomic E-state index is -4.67. The number of hydrogen-bond donors (Lipinski definition) is 2. The average Bonchev–Trinajstić information content (AvgIpc) is 2.31. The third kappa shape index (κ3) is 6.56. The number of carbonyl (C=O) groups is 1. The van der Waals surface area contributed by atoms with Crippen LogP contribution in [0.1, 0.15) is 40.0 Å². The Morgan fingerprint density at radius 3 is 2.25 bits per heavy atom. The smallest absolute Gasteiger partial charge is 0.416 e. The van der Waals surface area contributed by atoms with Gasteiger partial charge in [0.05, 0.1) is 6.61 Å². The molecule has 0 bridgehead atoms. The van der Waals surface area contributed by atoms with Crippen molar-refractivity contribution in [2.75, 3.05) is 13.2 Å². The predicted molar refractivity (Wildman–Crippen MR) is 66.9 cm³/mol. The molecule has 0 saturated carbocycles. The zero-order valence-electron chi connectivity index (χ0n) is 12.0. The first-order valence-electron chi connectivity index (χ1n) is 6.57. The Hall–Kier alpha value is -0.820. The minimum Gasteiger partial charge on any atom is -0.463 e. The van der Waals surface area contributed by atoms with E-state index >= 15 is 0 Å². The maximum absolute atomic E-state index is 12.6. The van der Waals surface area contributed by atoms with Crippen LogP contribution in [0.3, 0.4) is 0 Å². The van der Waals surface area contributed by atoms with Gasteiger partial charge >= 0.3 is 12.1 Å². The molecule has 3 unspecified atom stereocenters. The van der Waals surface area contributed by atoms with Gasteiger partial charge < -0.3 is 14.9 Å². The highest BCUT2D eigenvalue weighted by Crippen LogP contribution is 2.37. The summed E-state index contributed by atoms with van der Waals surface area (Å²) in [5, 5.41) is 17.9. The van der Waals surface area contributed by atoms with Crippen LogP contribution in [0.4, 0.5) is 13.2 Å². The van der Waals surface area contributed by atoms with Crippen LogP contribution in [0.5, 0.6) is 0 Å². The number of alkyl halides is 3. The molecule has 3 atom stereocenters. The Balaban J connectivity index is 4.22. The van der Waals surface area contributed by atoms with Crippen LogP contribution < -0.4 is 0 Å². The highest BCUT2D eigenvalue weighted by molar-refractivity contribution is 5.69. The fourth-order valence-electron chi connectivity index (χ4n) is 1.81. The number of aliphatic hydroxyl groups excluding tert-OH is 1. The molecule has 0 saturated heterocycles. The Bertz CT molecular complexity index is 302. The van der Waals surface area contributed by atoms with E-state index < -0.39 is 30.1 Å². The fraction of sp³-hybridized carbons (Fsp3) is 0.923. The molecule has 0 aliphatic carbocycles. The first kappa shape index (κ1) is 19.2. The van der Waals surface area contributed by atoms with Crippen molar-refractivity contribution in [2.45, 2.75) is 51.8 Å². The molecular weight excluding hydrogens is 277 g/mol. The number of ether oxygens (including phenoxy) is 1. The number of esters is 1. The molecule has 0 heterocycles. The van der Waals surface area contributed by atoms with Gasteiger partial charge in [0.15, 0.2) is 5.60 Å². The van der Waals surface area contributed by atoms with Crippen molar-refractivity contribution < 1.29 is 32.9 Å². The number of carbonyl (C=O) groups excluding carboxylic acids is 1. The number of hydrogen-bond acceptors (Lipinski definition) is 4. The molecule has 120 valence electrons. The topological polar surface area (TPSA) is 66.8 Å². The highest BCUT2D eigenvalue weighted by atomic mass is 19.4. The van der Waals surface area contributed by atoms with Gasteiger partial charge in [-0.1, -0.05) is 13.8 Å². The van der Waals surface area contributed by atoms with E-state index in [0.717, 1.165) is 6.92 Å². The quantitative estimate of drug-likeness (QED) is 0.675. The van der Waals surface area contributed by atoms with Crippen LogP contribution in [0.15, 0.2) is 0 Å². The third-order valence-corrected chi connectivity index (χ3v) is 3.46. The zero-order valence-corrected chi connectivity index (χ0v) is 12.0. The van der Waals surface area contributed by atoms with Gasteiger partial charge in [-0.3, -0.25) is 4.79 Å². The van der Waals surface area contributed by atoms with E-state index in [1.54, 1.807) is 13.8 Å². The average molecular weight is 300 g/mol. The van der Waals surface area contributed by atoms with E-state index in [0.29, 0.717) is 6.42 Å². The Kier molecular flexibility index (Phi) is 7.51. The van der Waals surface area contributed by atoms with Gasteiger partial charge in [0.25, 0.3) is 0 Å². The summed E-state index contributed by atoms with van der Waals surface area (Å²) >= 11 is 0. The summed E-state index contributed by atoms with van der Waals surface area (Å²) in [6, 6.07) is 0. The summed E-state index contributed by atoms with van der Waals surface area (Å²) in [7, 11) is 0. The predicted octanol–water partition coefficient (Wildman–Crippen LogP) is 2.28. The summed E-state index contributed by atoms with van der Waals surface area (Å²) in [5.74, 6) is -1.04. The molecule has 20 heavy (non-hydrogen) atoms. The second-order valence-electron chi connectivity index (χ2n) is 5.41. The Morgan fingerprint density at radius 2 is 1.80 bits per heavy atom. The van der Waals surface area contributed by atoms with E-state index in [9.17, 15) is 23.1 Å². The molecule has 2 N–H and O–H groups in total. The summed E-state index contributed by atoms with van der Waals surface area (Å²) in [4.78, 5) is 11.2. The monoisotopic (exact) mass is 300 g/mol. The van der Waals surface area contributed by atoms with Crippen LogP contribution in [-0.4, -0.2) is 41.2 Å². The lowest BCUT2D eigenvalue weighted by Gasteiger charge is -2.31. The Labute approximate surface area is 116 Å². The molecule has 0 aromatic heterocycles. The molecule has 7 heteroatoms. The molecule has 0 aromatic rings. The molecule has 0 radical (unpaired) electrons. The molecule has 0 aliphatic rings. The van der Waals surface area contributed by atoms with Crippen LogP contribution in [0.2, 0.25) is 0 Å². The zero-order chi connectivity index (χ0) is 16.0. The van der Waals surface area contributed by atoms with Gasteiger partial charge in [-0.2, -0.15) is 13.2 Å². The van der Waals surface area contributed by atoms with Crippen molar-refractivity contribution in [1.82, 2.24) is 0 Å². The summed E-state index contributed by atoms with van der Waals surface area (Å²) < 4.78 is 42.3. The van der Waals surface area contributed by atoms with Crippen LogP contribution in [0.25, 0.3) is 0 Å². The van der Waals surface area contributed by atoms with Gasteiger partial charge in [0.1, 0.15) is 6.61 Å². The number of rotatable bonds is 8. The Morgan fingerprint density at radius 1 is 1.25 bits per heavy atom. The second-order valence-corrected chi connectivity index (χ2v) is 5.41. The van der Waals surface area contributed by atoms with E-state index in [2.05, 4.69) is 4.74 Å². The number of halogens is 3. The van der Waals surface area contributed by atoms with Crippen molar-refractivity contribution in [1.29, 1.82) is 0 Å². The largest absolute Gasteiger partial charge is 0.463 e. The molecule has 0 amide bonds. The summed E-state index contributed by atoms with van der Waals surface area (Å²) in [5.41, 5.74) is -2.72. The van der Waals surface area contributed by atoms with Gasteiger partial charge in [-0.05, 0) is 31.6 Å². The fourth-order valence-corrected chi connectivity index (χ4v) is 1.81. The van der Waals surface area contributed by atoms with Gasteiger partial charge in [-0.25, -0.2) is 0 Å². The minimum absolute atomic E-state index is 0.0778. The lowest BCUT2D eigenvalue weighted by molar-refractivity contribution is -0.259. The van der Waals surface area contributed by atoms with Gasteiger partial charge in [0, 0.05) is 6.42 Å². The normalized spacial score (nSPS) is 18.2. The molecule has 0 fully saturated rings. The van der Waals surface area contributed by atoms with Crippen molar-refractivity contribution in [3.8, 4) is 0 Å². The van der Waals surface area contributed by atoms with Crippen molar-refractivity contribution >= 4 is 5.97 Å². The molecule has 0 spiro atoms.